The normalized spacial score (nSPS) is 8.78. The van der Waals surface area contributed by atoms with Crippen LogP contribution in [0.4, 0.5) is 0 Å². The molecule has 1 rings (SSSR count). The van der Waals surface area contributed by atoms with Crippen molar-refractivity contribution in [3.63, 3.8) is 0 Å². The molecule has 0 saturated heterocycles. The fourth-order valence-corrected chi connectivity index (χ4v) is 0.385. The molecule has 0 saturated carbocycles. The SMILES string of the molecule is ClN(Cl)N(Cl)Cl.O=C(O)C(=O)O.c1ccccc1. The van der Waals surface area contributed by atoms with Crippen molar-refractivity contribution in [1.82, 2.24) is 8.09 Å². The molecule has 0 heterocycles. The first-order valence-corrected chi connectivity index (χ1v) is 5.33. The Morgan fingerprint density at radius 2 is 0.833 bits per heavy atom. The lowest BCUT2D eigenvalue weighted by Crippen LogP contribution is -2.09. The third-order valence-electron chi connectivity index (χ3n) is 0.964. The Hall–Kier alpha value is -0.760. The first-order valence-electron chi connectivity index (χ1n) is 3.98. The molecule has 0 aliphatic heterocycles. The second kappa shape index (κ2) is 12.7. The Labute approximate surface area is 123 Å². The van der Waals surface area contributed by atoms with Crippen LogP contribution < -0.4 is 0 Å². The van der Waals surface area contributed by atoms with Gasteiger partial charge >= 0.3 is 11.9 Å². The van der Waals surface area contributed by atoms with E-state index in [1.807, 2.05) is 36.4 Å². The summed E-state index contributed by atoms with van der Waals surface area (Å²) in [6.07, 6.45) is 0. The number of carbonyl (C=O) groups is 2. The molecular formula is C8H8Cl4N2O4. The lowest BCUT2D eigenvalue weighted by molar-refractivity contribution is -0.159. The number of carboxylic acid groups (broad SMARTS) is 2. The average Bonchev–Trinajstić information content (AvgIpc) is 2.32. The van der Waals surface area contributed by atoms with Crippen LogP contribution in [0.15, 0.2) is 36.4 Å². The van der Waals surface area contributed by atoms with Crippen LogP contribution in [-0.2, 0) is 9.59 Å². The highest BCUT2D eigenvalue weighted by Gasteiger charge is 2.04. The van der Waals surface area contributed by atoms with Gasteiger partial charge in [0.25, 0.3) is 0 Å². The number of hydrogen-bond donors (Lipinski definition) is 2. The molecule has 18 heavy (non-hydrogen) atoms. The van der Waals surface area contributed by atoms with Gasteiger partial charge < -0.3 is 10.2 Å². The van der Waals surface area contributed by atoms with Crippen molar-refractivity contribution >= 4 is 59.0 Å². The van der Waals surface area contributed by atoms with Crippen LogP contribution in [0, 0.1) is 0 Å². The molecule has 0 amide bonds. The van der Waals surface area contributed by atoms with E-state index in [2.05, 4.69) is 0 Å². The fourth-order valence-electron chi connectivity index (χ4n) is 0.385. The van der Waals surface area contributed by atoms with Crippen LogP contribution in [0.2, 0.25) is 0 Å². The van der Waals surface area contributed by atoms with Gasteiger partial charge in [-0.1, -0.05) is 36.4 Å². The summed E-state index contributed by atoms with van der Waals surface area (Å²) in [4.78, 5) is 18.2. The topological polar surface area (TPSA) is 81.1 Å². The molecule has 0 aliphatic rings. The van der Waals surface area contributed by atoms with Crippen molar-refractivity contribution in [3.05, 3.63) is 36.4 Å². The fraction of sp³-hybridized carbons (Fsp3) is 0. The summed E-state index contributed by atoms with van der Waals surface area (Å²) in [6.45, 7) is 0. The van der Waals surface area contributed by atoms with E-state index < -0.39 is 11.9 Å². The van der Waals surface area contributed by atoms with Gasteiger partial charge in [-0.2, -0.15) is 0 Å². The van der Waals surface area contributed by atoms with Gasteiger partial charge in [0, 0.05) is 47.1 Å². The zero-order chi connectivity index (χ0) is 14.6. The van der Waals surface area contributed by atoms with E-state index in [9.17, 15) is 0 Å². The second-order valence-corrected chi connectivity index (χ2v) is 3.82. The van der Waals surface area contributed by atoms with Crippen molar-refractivity contribution in [1.29, 1.82) is 0 Å². The number of rotatable bonds is 1. The van der Waals surface area contributed by atoms with Gasteiger partial charge in [-0.25, -0.2) is 9.59 Å². The largest absolute Gasteiger partial charge is 0.473 e. The molecule has 0 spiro atoms. The summed E-state index contributed by atoms with van der Waals surface area (Å²) < 4.78 is 0.951. The summed E-state index contributed by atoms with van der Waals surface area (Å²) >= 11 is 19.5. The quantitative estimate of drug-likeness (QED) is 0.466. The van der Waals surface area contributed by atoms with Crippen LogP contribution in [0.25, 0.3) is 0 Å². The number of hydrogen-bond acceptors (Lipinski definition) is 4. The lowest BCUT2D eigenvalue weighted by atomic mass is 10.4. The second-order valence-electron chi connectivity index (χ2n) is 2.20. The Morgan fingerprint density at radius 1 is 0.667 bits per heavy atom. The summed E-state index contributed by atoms with van der Waals surface area (Å²) in [6, 6.07) is 12.0. The molecule has 2 N–H and O–H groups in total. The highest BCUT2D eigenvalue weighted by atomic mass is 35.6. The molecule has 0 aromatic heterocycles. The highest BCUT2D eigenvalue weighted by molar-refractivity contribution is 6.42. The molecule has 0 fully saturated rings. The maximum absolute atomic E-state index is 9.10. The Morgan fingerprint density at radius 3 is 0.889 bits per heavy atom. The maximum Gasteiger partial charge on any atom is 0.414 e. The van der Waals surface area contributed by atoms with Gasteiger partial charge in [-0.15, -0.1) is 0 Å². The van der Waals surface area contributed by atoms with Crippen LogP contribution >= 0.6 is 47.1 Å². The van der Waals surface area contributed by atoms with Crippen LogP contribution in [0.3, 0.4) is 0 Å². The van der Waals surface area contributed by atoms with Gasteiger partial charge in [0.15, 0.2) is 0 Å². The number of nitrogens with zero attached hydrogens (tertiary/aromatic N) is 2. The molecule has 102 valence electrons. The molecule has 10 heteroatoms. The number of halogens is 4. The molecule has 0 unspecified atom stereocenters. The molecule has 0 radical (unpaired) electrons. The molecule has 0 aliphatic carbocycles. The first kappa shape index (κ1) is 19.6. The lowest BCUT2D eigenvalue weighted by Gasteiger charge is -2.01. The van der Waals surface area contributed by atoms with E-state index in [0.717, 1.165) is 0 Å². The van der Waals surface area contributed by atoms with Crippen molar-refractivity contribution in [2.75, 3.05) is 0 Å². The molecule has 1 aromatic rings. The van der Waals surface area contributed by atoms with Crippen molar-refractivity contribution < 1.29 is 19.8 Å². The molecule has 6 nitrogen and oxygen atoms in total. The summed E-state index contributed by atoms with van der Waals surface area (Å²) in [5.74, 6) is -3.65. The maximum atomic E-state index is 9.10. The summed E-state index contributed by atoms with van der Waals surface area (Å²) in [5.41, 5.74) is 0. The number of aliphatic carboxylic acids is 2. The first-order chi connectivity index (χ1) is 8.29. The Balaban J connectivity index is 0. The average molecular weight is 338 g/mol. The van der Waals surface area contributed by atoms with Gasteiger partial charge in [0.2, 0.25) is 0 Å². The van der Waals surface area contributed by atoms with Crippen molar-refractivity contribution in [2.24, 2.45) is 0 Å². The smallest absolute Gasteiger partial charge is 0.414 e. The molecular weight excluding hydrogens is 330 g/mol. The predicted molar refractivity (Wildman–Crippen MR) is 68.8 cm³/mol. The monoisotopic (exact) mass is 336 g/mol. The number of benzene rings is 1. The van der Waals surface area contributed by atoms with E-state index in [-0.39, 0.29) is 0 Å². The molecule has 1 aromatic carbocycles. The van der Waals surface area contributed by atoms with E-state index >= 15 is 0 Å². The van der Waals surface area contributed by atoms with Crippen molar-refractivity contribution in [3.8, 4) is 0 Å². The van der Waals surface area contributed by atoms with Gasteiger partial charge in [0.05, 0.1) is 0 Å². The Bertz CT molecular complexity index is 292. The van der Waals surface area contributed by atoms with E-state index in [4.69, 9.17) is 66.9 Å². The minimum atomic E-state index is -1.82. The highest BCUT2D eigenvalue weighted by Crippen LogP contribution is 2.10. The van der Waals surface area contributed by atoms with E-state index in [1.54, 1.807) is 0 Å². The van der Waals surface area contributed by atoms with Crippen LogP contribution in [0.1, 0.15) is 0 Å². The summed E-state index contributed by atoms with van der Waals surface area (Å²) in [7, 11) is 0. The number of hydrazine groups is 1. The van der Waals surface area contributed by atoms with Crippen LogP contribution in [0.5, 0.6) is 0 Å². The number of carboxylic acids is 2. The Kier molecular flexibility index (Phi) is 13.8. The summed E-state index contributed by atoms with van der Waals surface area (Å²) in [5, 5.41) is 14.8. The minimum Gasteiger partial charge on any atom is -0.473 e. The van der Waals surface area contributed by atoms with E-state index in [0.29, 0.717) is 8.09 Å². The van der Waals surface area contributed by atoms with Crippen molar-refractivity contribution in [2.45, 2.75) is 0 Å². The third-order valence-corrected chi connectivity index (χ3v) is 1.88. The minimum absolute atomic E-state index is 0.475. The van der Waals surface area contributed by atoms with Crippen LogP contribution in [-0.4, -0.2) is 30.2 Å². The van der Waals surface area contributed by atoms with Gasteiger partial charge in [0.1, 0.15) is 0 Å². The molecule has 0 bridgehead atoms. The van der Waals surface area contributed by atoms with E-state index in [1.165, 1.54) is 0 Å². The molecule has 0 atom stereocenters. The zero-order valence-electron chi connectivity index (χ0n) is 8.58. The third kappa shape index (κ3) is 17.6. The van der Waals surface area contributed by atoms with Gasteiger partial charge in [-0.05, 0) is 8.09 Å². The standard InChI is InChI=1S/C6H6.C2H2O4.Cl4N2/c1-2-4-6-5-3-1;3-1(4)2(5)6;1-5(2)6(3)4/h1-6H;(H,3,4)(H,5,6);. The van der Waals surface area contributed by atoms with Gasteiger partial charge in [-0.3, -0.25) is 0 Å². The zero-order valence-corrected chi connectivity index (χ0v) is 11.6. The predicted octanol–water partition coefficient (Wildman–Crippen LogP) is 2.96.